The monoisotopic (exact) mass is 287 g/mol. The van der Waals surface area contributed by atoms with Gasteiger partial charge in [0, 0.05) is 13.5 Å². The van der Waals surface area contributed by atoms with Crippen molar-refractivity contribution in [2.24, 2.45) is 7.05 Å². The van der Waals surface area contributed by atoms with Gasteiger partial charge in [-0.05, 0) is 11.1 Å². The summed E-state index contributed by atoms with van der Waals surface area (Å²) < 4.78 is 1.58. The van der Waals surface area contributed by atoms with E-state index in [2.05, 4.69) is 20.7 Å². The lowest BCUT2D eigenvalue weighted by Crippen LogP contribution is -2.40. The molecular formula is C14H17N5O2. The van der Waals surface area contributed by atoms with Crippen LogP contribution in [-0.4, -0.2) is 32.0 Å². The largest absolute Gasteiger partial charge is 0.390 e. The van der Waals surface area contributed by atoms with E-state index in [0.717, 1.165) is 11.1 Å². The van der Waals surface area contributed by atoms with Gasteiger partial charge in [-0.1, -0.05) is 24.3 Å². The van der Waals surface area contributed by atoms with Gasteiger partial charge >= 0.3 is 6.03 Å². The van der Waals surface area contributed by atoms with Crippen LogP contribution in [0.15, 0.2) is 30.6 Å². The molecule has 0 fully saturated rings. The van der Waals surface area contributed by atoms with E-state index in [0.29, 0.717) is 12.2 Å². The molecule has 2 atom stereocenters. The lowest BCUT2D eigenvalue weighted by molar-refractivity contribution is 0.142. The lowest BCUT2D eigenvalue weighted by atomic mass is 10.1. The summed E-state index contributed by atoms with van der Waals surface area (Å²) in [4.78, 5) is 16.0. The summed E-state index contributed by atoms with van der Waals surface area (Å²) in [6.07, 6.45) is 1.54. The van der Waals surface area contributed by atoms with Crippen molar-refractivity contribution in [3.63, 3.8) is 0 Å². The molecule has 1 aliphatic carbocycles. The summed E-state index contributed by atoms with van der Waals surface area (Å²) in [6, 6.07) is 7.01. The Morgan fingerprint density at radius 1 is 1.48 bits per heavy atom. The van der Waals surface area contributed by atoms with Crippen LogP contribution < -0.4 is 10.6 Å². The van der Waals surface area contributed by atoms with Gasteiger partial charge in [-0.25, -0.2) is 9.78 Å². The molecule has 7 heteroatoms. The summed E-state index contributed by atoms with van der Waals surface area (Å²) in [7, 11) is 1.77. The van der Waals surface area contributed by atoms with E-state index in [-0.39, 0.29) is 18.6 Å². The number of benzene rings is 1. The molecule has 7 nitrogen and oxygen atoms in total. The number of nitrogens with one attached hydrogen (secondary N) is 2. The molecule has 3 N–H and O–H groups in total. The van der Waals surface area contributed by atoms with E-state index in [9.17, 15) is 9.90 Å². The summed E-state index contributed by atoms with van der Waals surface area (Å²) >= 11 is 0. The molecule has 0 bridgehead atoms. The van der Waals surface area contributed by atoms with Crippen molar-refractivity contribution in [1.29, 1.82) is 0 Å². The summed E-state index contributed by atoms with van der Waals surface area (Å²) in [5, 5.41) is 19.6. The molecule has 1 aliphatic rings. The number of carbonyl (C=O) groups excluding carboxylic acids is 1. The van der Waals surface area contributed by atoms with Gasteiger partial charge in [0.05, 0.1) is 18.7 Å². The molecule has 0 spiro atoms. The van der Waals surface area contributed by atoms with Crippen molar-refractivity contribution in [2.45, 2.75) is 25.1 Å². The van der Waals surface area contributed by atoms with Gasteiger partial charge in [0.25, 0.3) is 0 Å². The maximum absolute atomic E-state index is 11.9. The molecule has 1 aromatic heterocycles. The van der Waals surface area contributed by atoms with E-state index in [1.54, 1.807) is 18.1 Å². The number of hydrogen-bond donors (Lipinski definition) is 3. The molecule has 0 saturated carbocycles. The van der Waals surface area contributed by atoms with Gasteiger partial charge in [0.2, 0.25) is 0 Å². The van der Waals surface area contributed by atoms with Gasteiger partial charge in [-0.3, -0.25) is 4.68 Å². The number of aliphatic hydroxyl groups excluding tert-OH is 1. The van der Waals surface area contributed by atoms with Gasteiger partial charge in [0.15, 0.2) is 5.82 Å². The molecule has 0 saturated heterocycles. The van der Waals surface area contributed by atoms with Crippen LogP contribution in [-0.2, 0) is 20.0 Å². The molecule has 2 amide bonds. The number of hydrogen-bond acceptors (Lipinski definition) is 4. The molecule has 2 unspecified atom stereocenters. The second-order valence-corrected chi connectivity index (χ2v) is 5.11. The Balaban J connectivity index is 1.60. The van der Waals surface area contributed by atoms with Crippen LogP contribution in [0.2, 0.25) is 0 Å². The first-order chi connectivity index (χ1) is 10.1. The molecule has 1 aromatic carbocycles. The van der Waals surface area contributed by atoms with Crippen LogP contribution in [0.4, 0.5) is 4.79 Å². The van der Waals surface area contributed by atoms with E-state index < -0.39 is 6.10 Å². The summed E-state index contributed by atoms with van der Waals surface area (Å²) in [5.74, 6) is 0.542. The van der Waals surface area contributed by atoms with Crippen molar-refractivity contribution < 1.29 is 9.90 Å². The first-order valence-corrected chi connectivity index (χ1v) is 6.78. The third-order valence-corrected chi connectivity index (χ3v) is 3.54. The SMILES string of the molecule is Cn1cnc(CNC(=O)NC2c3ccccc3CC2O)n1. The molecule has 21 heavy (non-hydrogen) atoms. The lowest BCUT2D eigenvalue weighted by Gasteiger charge is -2.18. The molecule has 2 aromatic rings. The number of aliphatic hydroxyl groups is 1. The van der Waals surface area contributed by atoms with Gasteiger partial charge < -0.3 is 15.7 Å². The Kier molecular flexibility index (Phi) is 3.57. The minimum atomic E-state index is -0.596. The van der Waals surface area contributed by atoms with Crippen molar-refractivity contribution >= 4 is 6.03 Å². The zero-order valence-corrected chi connectivity index (χ0v) is 11.7. The number of carbonyl (C=O) groups is 1. The highest BCUT2D eigenvalue weighted by Crippen LogP contribution is 2.30. The first-order valence-electron chi connectivity index (χ1n) is 6.78. The van der Waals surface area contributed by atoms with Crippen LogP contribution >= 0.6 is 0 Å². The Labute approximate surface area is 122 Å². The van der Waals surface area contributed by atoms with Crippen molar-refractivity contribution in [3.05, 3.63) is 47.5 Å². The predicted octanol–water partition coefficient (Wildman–Crippen LogP) is 0.273. The highest BCUT2D eigenvalue weighted by Gasteiger charge is 2.31. The maximum Gasteiger partial charge on any atom is 0.315 e. The highest BCUT2D eigenvalue weighted by molar-refractivity contribution is 5.74. The summed E-state index contributed by atoms with van der Waals surface area (Å²) in [5.41, 5.74) is 2.04. The molecule has 110 valence electrons. The third-order valence-electron chi connectivity index (χ3n) is 3.54. The highest BCUT2D eigenvalue weighted by atomic mass is 16.3. The second-order valence-electron chi connectivity index (χ2n) is 5.11. The zero-order valence-electron chi connectivity index (χ0n) is 11.7. The molecule has 0 aliphatic heterocycles. The third kappa shape index (κ3) is 2.87. The van der Waals surface area contributed by atoms with Crippen LogP contribution in [0.5, 0.6) is 0 Å². The van der Waals surface area contributed by atoms with E-state index in [1.165, 1.54) is 0 Å². The van der Waals surface area contributed by atoms with E-state index in [4.69, 9.17) is 0 Å². The summed E-state index contributed by atoms with van der Waals surface area (Å²) in [6.45, 7) is 0.247. The first kappa shape index (κ1) is 13.6. The van der Waals surface area contributed by atoms with Crippen molar-refractivity contribution in [2.75, 3.05) is 0 Å². The predicted molar refractivity (Wildman–Crippen MR) is 75.3 cm³/mol. The number of nitrogens with zero attached hydrogens (tertiary/aromatic N) is 3. The number of amides is 2. The number of urea groups is 1. The standard InChI is InChI=1S/C14H17N5O2/c1-19-8-16-12(18-19)7-15-14(21)17-13-10-5-3-2-4-9(10)6-11(13)20/h2-5,8,11,13,20H,6-7H2,1H3,(H2,15,17,21). The van der Waals surface area contributed by atoms with Gasteiger partial charge in [-0.2, -0.15) is 5.10 Å². The minimum Gasteiger partial charge on any atom is -0.390 e. The van der Waals surface area contributed by atoms with Crippen LogP contribution in [0, 0.1) is 0 Å². The van der Waals surface area contributed by atoms with Gasteiger partial charge in [0.1, 0.15) is 6.33 Å². The van der Waals surface area contributed by atoms with E-state index in [1.807, 2.05) is 24.3 Å². The molecule has 1 heterocycles. The minimum absolute atomic E-state index is 0.247. The molecule has 3 rings (SSSR count). The average Bonchev–Trinajstić information content (AvgIpc) is 3.01. The number of fused-ring (bicyclic) bond motifs is 1. The van der Waals surface area contributed by atoms with Crippen LogP contribution in [0.1, 0.15) is 23.0 Å². The fourth-order valence-electron chi connectivity index (χ4n) is 2.56. The molecule has 0 radical (unpaired) electrons. The maximum atomic E-state index is 11.9. The number of rotatable bonds is 3. The normalized spacial score (nSPS) is 20.1. The zero-order chi connectivity index (χ0) is 14.8. The van der Waals surface area contributed by atoms with Crippen LogP contribution in [0.25, 0.3) is 0 Å². The topological polar surface area (TPSA) is 92.1 Å². The van der Waals surface area contributed by atoms with Gasteiger partial charge in [-0.15, -0.1) is 0 Å². The van der Waals surface area contributed by atoms with E-state index >= 15 is 0 Å². The quantitative estimate of drug-likeness (QED) is 0.755. The second kappa shape index (κ2) is 5.53. The van der Waals surface area contributed by atoms with Crippen molar-refractivity contribution in [1.82, 2.24) is 25.4 Å². The average molecular weight is 287 g/mol. The van der Waals surface area contributed by atoms with Crippen molar-refractivity contribution in [3.8, 4) is 0 Å². The number of aryl methyl sites for hydroxylation is 1. The van der Waals surface area contributed by atoms with Crippen LogP contribution in [0.3, 0.4) is 0 Å². The fraction of sp³-hybridized carbons (Fsp3) is 0.357. The number of aromatic nitrogens is 3. The Morgan fingerprint density at radius 3 is 3.05 bits per heavy atom. The Morgan fingerprint density at radius 2 is 2.29 bits per heavy atom. The smallest absolute Gasteiger partial charge is 0.315 e. The Bertz CT molecular complexity index is 654. The fourth-order valence-corrected chi connectivity index (χ4v) is 2.56. The Hall–Kier alpha value is -2.41. The molecular weight excluding hydrogens is 270 g/mol.